The maximum atomic E-state index is 10.8. The second-order valence-electron chi connectivity index (χ2n) is 3.69. The molecule has 4 nitrogen and oxygen atoms in total. The second-order valence-corrected chi connectivity index (χ2v) is 4.95. The molecule has 1 N–H and O–H groups in total. The maximum Gasteiger partial charge on any atom is 0.354 e. The molecule has 1 aromatic rings. The van der Waals surface area contributed by atoms with Gasteiger partial charge in [-0.1, -0.05) is 6.07 Å². The van der Waals surface area contributed by atoms with Crippen molar-refractivity contribution < 1.29 is 14.6 Å². The summed E-state index contributed by atoms with van der Waals surface area (Å²) in [4.78, 5) is 14.8. The Morgan fingerprint density at radius 1 is 1.62 bits per heavy atom. The molecule has 5 heteroatoms. The van der Waals surface area contributed by atoms with Gasteiger partial charge >= 0.3 is 5.97 Å². The lowest BCUT2D eigenvalue weighted by atomic mass is 10.3. The van der Waals surface area contributed by atoms with Crippen LogP contribution in [0.3, 0.4) is 0 Å². The van der Waals surface area contributed by atoms with Crippen molar-refractivity contribution in [3.8, 4) is 0 Å². The molecular formula is C11H13NO3S. The minimum absolute atomic E-state index is 0.0940. The lowest BCUT2D eigenvalue weighted by Gasteiger charge is -2.12. The Hall–Kier alpha value is -1.07. The number of hydrogen-bond acceptors (Lipinski definition) is 4. The summed E-state index contributed by atoms with van der Waals surface area (Å²) < 4.78 is 5.45. The Bertz CT molecular complexity index is 397. The van der Waals surface area contributed by atoms with Crippen molar-refractivity contribution in [3.05, 3.63) is 23.9 Å². The summed E-state index contributed by atoms with van der Waals surface area (Å²) in [6.07, 6.45) is 1.20. The molecule has 86 valence electrons. The van der Waals surface area contributed by atoms with Gasteiger partial charge < -0.3 is 9.84 Å². The molecular weight excluding hydrogens is 226 g/mol. The van der Waals surface area contributed by atoms with Crippen LogP contribution in [0.4, 0.5) is 0 Å². The number of rotatable bonds is 3. The molecule has 0 spiro atoms. The van der Waals surface area contributed by atoms with Crippen molar-refractivity contribution in [1.82, 2.24) is 4.98 Å². The van der Waals surface area contributed by atoms with E-state index in [2.05, 4.69) is 4.98 Å². The van der Waals surface area contributed by atoms with Crippen LogP contribution >= 0.6 is 11.8 Å². The Morgan fingerprint density at radius 3 is 3.06 bits per heavy atom. The zero-order chi connectivity index (χ0) is 11.5. The Labute approximate surface area is 98.0 Å². The highest BCUT2D eigenvalue weighted by molar-refractivity contribution is 7.99. The molecule has 0 aromatic carbocycles. The summed E-state index contributed by atoms with van der Waals surface area (Å²) >= 11 is 1.59. The lowest BCUT2D eigenvalue weighted by Crippen LogP contribution is -2.13. The van der Waals surface area contributed by atoms with Crippen LogP contribution in [-0.4, -0.2) is 34.0 Å². The zero-order valence-corrected chi connectivity index (χ0v) is 9.74. The quantitative estimate of drug-likeness (QED) is 0.874. The van der Waals surface area contributed by atoms with Crippen molar-refractivity contribution in [2.45, 2.75) is 29.7 Å². The second kappa shape index (κ2) is 4.84. The molecule has 0 saturated carbocycles. The van der Waals surface area contributed by atoms with Crippen molar-refractivity contribution in [3.63, 3.8) is 0 Å². The third-order valence-corrected chi connectivity index (χ3v) is 3.91. The largest absolute Gasteiger partial charge is 0.477 e. The molecule has 16 heavy (non-hydrogen) atoms. The predicted molar refractivity (Wildman–Crippen MR) is 60.9 cm³/mol. The van der Waals surface area contributed by atoms with E-state index in [0.717, 1.165) is 18.1 Å². The van der Waals surface area contributed by atoms with E-state index in [1.54, 1.807) is 17.8 Å². The van der Waals surface area contributed by atoms with Crippen LogP contribution in [0, 0.1) is 0 Å². The first-order chi connectivity index (χ1) is 7.66. The van der Waals surface area contributed by atoms with Gasteiger partial charge in [0.1, 0.15) is 5.69 Å². The van der Waals surface area contributed by atoms with Crippen LogP contribution in [0.1, 0.15) is 23.8 Å². The minimum atomic E-state index is -0.988. The number of hydrogen-bond donors (Lipinski definition) is 1. The van der Waals surface area contributed by atoms with E-state index in [1.807, 2.05) is 13.0 Å². The summed E-state index contributed by atoms with van der Waals surface area (Å²) in [5.41, 5.74) is 0.0940. The highest BCUT2D eigenvalue weighted by Gasteiger charge is 2.25. The first-order valence-corrected chi connectivity index (χ1v) is 6.03. The molecule has 2 atom stereocenters. The first-order valence-electron chi connectivity index (χ1n) is 5.15. The molecule has 0 aliphatic carbocycles. The fourth-order valence-corrected chi connectivity index (χ4v) is 2.72. The molecule has 1 aromatic heterocycles. The van der Waals surface area contributed by atoms with Crippen molar-refractivity contribution >= 4 is 17.7 Å². The van der Waals surface area contributed by atoms with Gasteiger partial charge in [-0.2, -0.15) is 0 Å². The van der Waals surface area contributed by atoms with Gasteiger partial charge in [0, 0.05) is 11.9 Å². The molecule has 2 heterocycles. The number of thioether (sulfide) groups is 1. The number of nitrogens with zero attached hydrogens (tertiary/aromatic N) is 1. The Morgan fingerprint density at radius 2 is 2.44 bits per heavy atom. The predicted octanol–water partition coefficient (Wildman–Crippen LogP) is 2.05. The number of carboxylic acid groups (broad SMARTS) is 1. The van der Waals surface area contributed by atoms with Gasteiger partial charge in [-0.3, -0.25) is 0 Å². The molecule has 1 aliphatic rings. The number of aromatic nitrogens is 1. The summed E-state index contributed by atoms with van der Waals surface area (Å²) in [7, 11) is 0. The van der Waals surface area contributed by atoms with E-state index in [1.165, 1.54) is 6.07 Å². The molecule has 1 fully saturated rings. The number of carbonyl (C=O) groups is 1. The maximum absolute atomic E-state index is 10.8. The zero-order valence-electron chi connectivity index (χ0n) is 8.92. The monoisotopic (exact) mass is 239 g/mol. The average molecular weight is 239 g/mol. The molecule has 1 aliphatic heterocycles. The Balaban J connectivity index is 2.09. The fourth-order valence-electron chi connectivity index (χ4n) is 1.62. The molecule has 0 radical (unpaired) electrons. The van der Waals surface area contributed by atoms with E-state index >= 15 is 0 Å². The van der Waals surface area contributed by atoms with Gasteiger partial charge in [-0.15, -0.1) is 11.8 Å². The van der Waals surface area contributed by atoms with E-state index in [-0.39, 0.29) is 11.8 Å². The van der Waals surface area contributed by atoms with Gasteiger partial charge in [0.05, 0.1) is 11.1 Å². The third kappa shape index (κ3) is 2.54. The van der Waals surface area contributed by atoms with Crippen LogP contribution in [-0.2, 0) is 4.74 Å². The molecule has 2 rings (SSSR count). The number of carboxylic acids is 1. The lowest BCUT2D eigenvalue weighted by molar-refractivity contribution is 0.0689. The van der Waals surface area contributed by atoms with Gasteiger partial charge in [0.2, 0.25) is 0 Å². The van der Waals surface area contributed by atoms with E-state index in [4.69, 9.17) is 9.84 Å². The van der Waals surface area contributed by atoms with Crippen LogP contribution in [0.5, 0.6) is 0 Å². The third-order valence-electron chi connectivity index (χ3n) is 2.52. The molecule has 1 saturated heterocycles. The van der Waals surface area contributed by atoms with Gasteiger partial charge in [0.15, 0.2) is 0 Å². The standard InChI is InChI=1S/C11H13NO3S/c1-7-9(5-6-15-7)16-10-4-2-3-8(12-10)11(13)14/h2-4,7,9H,5-6H2,1H3,(H,13,14). The molecule has 2 unspecified atom stereocenters. The summed E-state index contributed by atoms with van der Waals surface area (Å²) in [6, 6.07) is 5.06. The average Bonchev–Trinajstić information content (AvgIpc) is 2.65. The van der Waals surface area contributed by atoms with Gasteiger partial charge in [-0.25, -0.2) is 9.78 Å². The molecule has 0 bridgehead atoms. The number of pyridine rings is 1. The van der Waals surface area contributed by atoms with Crippen molar-refractivity contribution in [1.29, 1.82) is 0 Å². The van der Waals surface area contributed by atoms with Crippen LogP contribution in [0.2, 0.25) is 0 Å². The number of ether oxygens (including phenoxy) is 1. The van der Waals surface area contributed by atoms with Crippen LogP contribution in [0.25, 0.3) is 0 Å². The summed E-state index contributed by atoms with van der Waals surface area (Å²) in [6.45, 7) is 2.81. The van der Waals surface area contributed by atoms with Gasteiger partial charge in [0.25, 0.3) is 0 Å². The van der Waals surface area contributed by atoms with E-state index < -0.39 is 5.97 Å². The minimum Gasteiger partial charge on any atom is -0.477 e. The normalized spacial score (nSPS) is 24.6. The van der Waals surface area contributed by atoms with E-state index in [0.29, 0.717) is 5.25 Å². The smallest absolute Gasteiger partial charge is 0.354 e. The van der Waals surface area contributed by atoms with Crippen molar-refractivity contribution in [2.75, 3.05) is 6.61 Å². The topological polar surface area (TPSA) is 59.4 Å². The Kier molecular flexibility index (Phi) is 3.46. The highest BCUT2D eigenvalue weighted by Crippen LogP contribution is 2.31. The summed E-state index contributed by atoms with van der Waals surface area (Å²) in [5.74, 6) is -0.988. The van der Waals surface area contributed by atoms with E-state index in [9.17, 15) is 4.79 Å². The van der Waals surface area contributed by atoms with Crippen LogP contribution in [0.15, 0.2) is 23.2 Å². The van der Waals surface area contributed by atoms with Crippen molar-refractivity contribution in [2.24, 2.45) is 0 Å². The fraction of sp³-hybridized carbons (Fsp3) is 0.455. The SMILES string of the molecule is CC1OCCC1Sc1cccc(C(=O)O)n1. The van der Waals surface area contributed by atoms with Crippen LogP contribution < -0.4 is 0 Å². The molecule has 0 amide bonds. The van der Waals surface area contributed by atoms with Gasteiger partial charge in [-0.05, 0) is 25.5 Å². The number of aromatic carboxylic acids is 1. The summed E-state index contributed by atoms with van der Waals surface area (Å²) in [5, 5.41) is 9.95. The highest BCUT2D eigenvalue weighted by atomic mass is 32.2. The first kappa shape index (κ1) is 11.4.